The van der Waals surface area contributed by atoms with Crippen molar-refractivity contribution in [3.05, 3.63) is 47.0 Å². The van der Waals surface area contributed by atoms with Crippen molar-refractivity contribution in [1.82, 2.24) is 0 Å². The van der Waals surface area contributed by atoms with Gasteiger partial charge in [0.1, 0.15) is 6.61 Å². The lowest BCUT2D eigenvalue weighted by Crippen LogP contribution is -1.99. The Morgan fingerprint density at radius 2 is 1.74 bits per heavy atom. The summed E-state index contributed by atoms with van der Waals surface area (Å²) in [4.78, 5) is 11.0. The summed E-state index contributed by atoms with van der Waals surface area (Å²) in [6, 6.07) is 10.5. The van der Waals surface area contributed by atoms with E-state index in [1.165, 1.54) is 40.0 Å². The molecule has 0 aromatic heterocycles. The van der Waals surface area contributed by atoms with Gasteiger partial charge in [0.05, 0.1) is 0 Å². The van der Waals surface area contributed by atoms with Gasteiger partial charge in [-0.2, -0.15) is 0 Å². The number of carbonyl (C=O) groups excluding carboxylic acids is 1. The Kier molecular flexibility index (Phi) is 2.67. The SMILES string of the molecule is CC(=O)OCc1ccc2c3c(cccc13)C(C)=C2C. The van der Waals surface area contributed by atoms with Crippen LogP contribution in [0.2, 0.25) is 0 Å². The summed E-state index contributed by atoms with van der Waals surface area (Å²) in [6.07, 6.45) is 0. The van der Waals surface area contributed by atoms with Crippen molar-refractivity contribution in [2.24, 2.45) is 0 Å². The first-order valence-electron chi connectivity index (χ1n) is 6.46. The van der Waals surface area contributed by atoms with E-state index in [0.717, 1.165) is 5.56 Å². The van der Waals surface area contributed by atoms with Crippen molar-refractivity contribution in [2.75, 3.05) is 0 Å². The molecule has 1 aliphatic carbocycles. The Balaban J connectivity index is 2.20. The smallest absolute Gasteiger partial charge is 0.302 e. The molecule has 0 spiro atoms. The van der Waals surface area contributed by atoms with E-state index >= 15 is 0 Å². The molecule has 19 heavy (non-hydrogen) atoms. The van der Waals surface area contributed by atoms with Crippen LogP contribution in [0, 0.1) is 0 Å². The molecule has 0 aliphatic heterocycles. The Morgan fingerprint density at radius 1 is 1.05 bits per heavy atom. The van der Waals surface area contributed by atoms with Crippen LogP contribution in [0.1, 0.15) is 37.5 Å². The fraction of sp³-hybridized carbons (Fsp3) is 0.235. The highest BCUT2D eigenvalue weighted by atomic mass is 16.5. The average Bonchev–Trinajstić information content (AvgIpc) is 2.65. The number of benzene rings is 2. The monoisotopic (exact) mass is 252 g/mol. The summed E-state index contributed by atoms with van der Waals surface area (Å²) in [5.41, 5.74) is 6.35. The summed E-state index contributed by atoms with van der Waals surface area (Å²) < 4.78 is 5.14. The van der Waals surface area contributed by atoms with Crippen LogP contribution in [0.15, 0.2) is 30.3 Å². The van der Waals surface area contributed by atoms with E-state index in [1.54, 1.807) is 0 Å². The number of ether oxygens (including phenoxy) is 1. The van der Waals surface area contributed by atoms with Crippen molar-refractivity contribution in [3.63, 3.8) is 0 Å². The zero-order valence-corrected chi connectivity index (χ0v) is 11.4. The van der Waals surface area contributed by atoms with E-state index in [9.17, 15) is 4.79 Å². The van der Waals surface area contributed by atoms with Crippen LogP contribution in [0.5, 0.6) is 0 Å². The summed E-state index contributed by atoms with van der Waals surface area (Å²) >= 11 is 0. The van der Waals surface area contributed by atoms with Crippen LogP contribution >= 0.6 is 0 Å². The lowest BCUT2D eigenvalue weighted by molar-refractivity contribution is -0.142. The number of allylic oxidation sites excluding steroid dienone is 2. The molecule has 0 atom stereocenters. The molecule has 2 aromatic rings. The summed E-state index contributed by atoms with van der Waals surface area (Å²) in [7, 11) is 0. The summed E-state index contributed by atoms with van der Waals surface area (Å²) in [5.74, 6) is -0.242. The molecule has 96 valence electrons. The highest BCUT2D eigenvalue weighted by Crippen LogP contribution is 2.42. The van der Waals surface area contributed by atoms with Gasteiger partial charge in [-0.25, -0.2) is 0 Å². The molecular formula is C17H16O2. The maximum Gasteiger partial charge on any atom is 0.302 e. The lowest BCUT2D eigenvalue weighted by atomic mass is 9.98. The number of hydrogen-bond acceptors (Lipinski definition) is 2. The van der Waals surface area contributed by atoms with Gasteiger partial charge < -0.3 is 4.74 Å². The molecule has 0 heterocycles. The number of esters is 1. The standard InChI is InChI=1S/C17H16O2/c1-10-11(2)15-8-7-13(9-19-12(3)18)16-6-4-5-14(10)17(15)16/h4-8H,9H2,1-3H3. The second kappa shape index (κ2) is 4.23. The molecule has 0 saturated heterocycles. The first-order chi connectivity index (χ1) is 9.09. The summed E-state index contributed by atoms with van der Waals surface area (Å²) in [5, 5.41) is 2.48. The lowest BCUT2D eigenvalue weighted by Gasteiger charge is -2.09. The fourth-order valence-electron chi connectivity index (χ4n) is 2.80. The van der Waals surface area contributed by atoms with Crippen LogP contribution in [0.25, 0.3) is 21.9 Å². The number of carbonyl (C=O) groups is 1. The predicted octanol–water partition coefficient (Wildman–Crippen LogP) is 4.17. The van der Waals surface area contributed by atoms with Gasteiger partial charge >= 0.3 is 5.97 Å². The summed E-state index contributed by atoms with van der Waals surface area (Å²) in [6.45, 7) is 6.11. The zero-order valence-electron chi connectivity index (χ0n) is 11.4. The van der Waals surface area contributed by atoms with Crippen LogP contribution in [-0.2, 0) is 16.1 Å². The average molecular weight is 252 g/mol. The van der Waals surface area contributed by atoms with Crippen LogP contribution in [0.3, 0.4) is 0 Å². The Hall–Kier alpha value is -2.09. The minimum Gasteiger partial charge on any atom is -0.461 e. The van der Waals surface area contributed by atoms with Gasteiger partial charge in [-0.3, -0.25) is 4.79 Å². The van der Waals surface area contributed by atoms with Gasteiger partial charge in [0, 0.05) is 6.92 Å². The Bertz CT molecular complexity index is 705. The van der Waals surface area contributed by atoms with E-state index in [0.29, 0.717) is 6.61 Å². The van der Waals surface area contributed by atoms with Crippen molar-refractivity contribution in [2.45, 2.75) is 27.4 Å². The Morgan fingerprint density at radius 3 is 2.42 bits per heavy atom. The van der Waals surface area contributed by atoms with Gasteiger partial charge in [0.2, 0.25) is 0 Å². The van der Waals surface area contributed by atoms with E-state index in [1.807, 2.05) is 0 Å². The molecule has 0 radical (unpaired) electrons. The van der Waals surface area contributed by atoms with Crippen molar-refractivity contribution < 1.29 is 9.53 Å². The van der Waals surface area contributed by atoms with Gasteiger partial charge in [0.25, 0.3) is 0 Å². The second-order valence-electron chi connectivity index (χ2n) is 5.03. The minimum atomic E-state index is -0.242. The van der Waals surface area contributed by atoms with E-state index < -0.39 is 0 Å². The molecular weight excluding hydrogens is 236 g/mol. The van der Waals surface area contributed by atoms with Gasteiger partial charge in [0.15, 0.2) is 0 Å². The fourth-order valence-corrected chi connectivity index (χ4v) is 2.80. The highest BCUT2D eigenvalue weighted by Gasteiger charge is 2.19. The van der Waals surface area contributed by atoms with Gasteiger partial charge in [-0.1, -0.05) is 30.3 Å². The third-order valence-corrected chi connectivity index (χ3v) is 3.93. The zero-order chi connectivity index (χ0) is 13.6. The first-order valence-corrected chi connectivity index (χ1v) is 6.46. The molecule has 2 nitrogen and oxygen atoms in total. The molecule has 0 amide bonds. The second-order valence-corrected chi connectivity index (χ2v) is 5.03. The molecule has 0 bridgehead atoms. The first kappa shape index (κ1) is 12.0. The molecule has 1 aliphatic rings. The maximum absolute atomic E-state index is 11.0. The van der Waals surface area contributed by atoms with Crippen LogP contribution in [-0.4, -0.2) is 5.97 Å². The number of hydrogen-bond donors (Lipinski definition) is 0. The minimum absolute atomic E-state index is 0.242. The van der Waals surface area contributed by atoms with Crippen molar-refractivity contribution >= 4 is 27.9 Å². The largest absolute Gasteiger partial charge is 0.461 e. The molecule has 0 N–H and O–H groups in total. The normalized spacial score (nSPS) is 13.2. The topological polar surface area (TPSA) is 26.3 Å². The van der Waals surface area contributed by atoms with E-state index in [4.69, 9.17) is 4.74 Å². The molecule has 0 saturated carbocycles. The van der Waals surface area contributed by atoms with E-state index in [2.05, 4.69) is 44.2 Å². The molecule has 0 fully saturated rings. The van der Waals surface area contributed by atoms with E-state index in [-0.39, 0.29) is 5.97 Å². The molecule has 3 rings (SSSR count). The number of rotatable bonds is 2. The molecule has 2 aromatic carbocycles. The highest BCUT2D eigenvalue weighted by molar-refractivity contribution is 6.13. The van der Waals surface area contributed by atoms with Gasteiger partial charge in [-0.05, 0) is 52.5 Å². The molecule has 0 unspecified atom stereocenters. The molecule has 2 heteroatoms. The third-order valence-electron chi connectivity index (χ3n) is 3.93. The Labute approximate surface area is 112 Å². The van der Waals surface area contributed by atoms with Crippen LogP contribution < -0.4 is 0 Å². The van der Waals surface area contributed by atoms with Crippen LogP contribution in [0.4, 0.5) is 0 Å². The van der Waals surface area contributed by atoms with Crippen molar-refractivity contribution in [3.8, 4) is 0 Å². The quantitative estimate of drug-likeness (QED) is 0.750. The third kappa shape index (κ3) is 1.75. The maximum atomic E-state index is 11.0. The van der Waals surface area contributed by atoms with Gasteiger partial charge in [-0.15, -0.1) is 0 Å². The van der Waals surface area contributed by atoms with Crippen molar-refractivity contribution in [1.29, 1.82) is 0 Å². The predicted molar refractivity (Wildman–Crippen MR) is 77.6 cm³/mol.